The molecule has 0 bridgehead atoms. The minimum Gasteiger partial charge on any atom is -0.467 e. The van der Waals surface area contributed by atoms with Gasteiger partial charge in [-0.3, -0.25) is 4.18 Å². The van der Waals surface area contributed by atoms with Crippen LogP contribution in [-0.4, -0.2) is 50.1 Å². The summed E-state index contributed by atoms with van der Waals surface area (Å²) in [5, 5.41) is 0. The third-order valence-electron chi connectivity index (χ3n) is 1.95. The number of ether oxygens (including phenoxy) is 2. The maximum absolute atomic E-state index is 11.7. The van der Waals surface area contributed by atoms with Gasteiger partial charge in [-0.2, -0.15) is 12.7 Å². The first-order chi connectivity index (χ1) is 8.08. The van der Waals surface area contributed by atoms with Crippen molar-refractivity contribution in [2.24, 2.45) is 0 Å². The van der Waals surface area contributed by atoms with E-state index in [0.29, 0.717) is 0 Å². The number of rotatable bonds is 1. The summed E-state index contributed by atoms with van der Waals surface area (Å²) in [6.07, 6.45) is -1.17. The van der Waals surface area contributed by atoms with Crippen molar-refractivity contribution in [2.45, 2.75) is 32.4 Å². The number of carbonyl (C=O) groups is 2. The number of esters is 1. The van der Waals surface area contributed by atoms with Gasteiger partial charge in [-0.05, 0) is 20.8 Å². The van der Waals surface area contributed by atoms with E-state index < -0.39 is 40.6 Å². The van der Waals surface area contributed by atoms with Gasteiger partial charge in [0.15, 0.2) is 6.04 Å². The molecule has 9 heteroatoms. The second-order valence-electron chi connectivity index (χ2n) is 4.56. The van der Waals surface area contributed by atoms with E-state index in [2.05, 4.69) is 8.92 Å². The van der Waals surface area contributed by atoms with Crippen LogP contribution in [0.5, 0.6) is 0 Å². The lowest BCUT2D eigenvalue weighted by Gasteiger charge is -2.24. The predicted octanol–water partition coefficient (Wildman–Crippen LogP) is 0.0401. The maximum Gasteiger partial charge on any atom is 0.426 e. The highest BCUT2D eigenvalue weighted by atomic mass is 32.2. The molecule has 0 spiro atoms. The zero-order valence-electron chi connectivity index (χ0n) is 10.5. The monoisotopic (exact) mass is 281 g/mol. The van der Waals surface area contributed by atoms with Crippen molar-refractivity contribution < 1.29 is 31.7 Å². The molecule has 8 nitrogen and oxygen atoms in total. The lowest BCUT2D eigenvalue weighted by atomic mass is 10.2. The van der Waals surface area contributed by atoms with Crippen LogP contribution in [0.2, 0.25) is 0 Å². The Hall–Kier alpha value is -1.35. The van der Waals surface area contributed by atoms with Crippen LogP contribution in [-0.2, 0) is 28.8 Å². The Bertz CT molecular complexity index is 450. The van der Waals surface area contributed by atoms with Crippen molar-refractivity contribution >= 4 is 22.4 Å². The highest BCUT2D eigenvalue weighted by molar-refractivity contribution is 7.85. The first-order valence-electron chi connectivity index (χ1n) is 5.08. The average Bonchev–Trinajstić information content (AvgIpc) is 2.50. The SMILES string of the molecule is COC(=O)C1COS(=O)(=O)N1C(=O)OC(C)(C)C. The van der Waals surface area contributed by atoms with Gasteiger partial charge in [0, 0.05) is 0 Å². The summed E-state index contributed by atoms with van der Waals surface area (Å²) in [6.45, 7) is 4.24. The lowest BCUT2D eigenvalue weighted by molar-refractivity contribution is -0.144. The molecule has 1 unspecified atom stereocenters. The summed E-state index contributed by atoms with van der Waals surface area (Å²) in [5.41, 5.74) is -0.893. The van der Waals surface area contributed by atoms with E-state index in [1.54, 1.807) is 20.8 Å². The second-order valence-corrected chi connectivity index (χ2v) is 6.04. The summed E-state index contributed by atoms with van der Waals surface area (Å²) in [7, 11) is -3.22. The smallest absolute Gasteiger partial charge is 0.426 e. The Morgan fingerprint density at radius 3 is 2.33 bits per heavy atom. The standard InChI is InChI=1S/C9H15NO7S/c1-9(2,3)17-8(12)10-6(7(11)15-4)5-16-18(10,13)14/h6H,5H2,1-4H3. The van der Waals surface area contributed by atoms with Gasteiger partial charge in [-0.15, -0.1) is 0 Å². The van der Waals surface area contributed by atoms with E-state index in [0.717, 1.165) is 7.11 Å². The van der Waals surface area contributed by atoms with Gasteiger partial charge in [-0.1, -0.05) is 0 Å². The largest absolute Gasteiger partial charge is 0.467 e. The summed E-state index contributed by atoms with van der Waals surface area (Å²) >= 11 is 0. The molecule has 0 aromatic heterocycles. The Morgan fingerprint density at radius 2 is 1.89 bits per heavy atom. The van der Waals surface area contributed by atoms with Crippen LogP contribution in [0.15, 0.2) is 0 Å². The van der Waals surface area contributed by atoms with E-state index in [1.807, 2.05) is 0 Å². The van der Waals surface area contributed by atoms with Crippen LogP contribution in [0, 0.1) is 0 Å². The number of carbonyl (C=O) groups excluding carboxylic acids is 2. The van der Waals surface area contributed by atoms with Crippen LogP contribution >= 0.6 is 0 Å². The van der Waals surface area contributed by atoms with E-state index in [9.17, 15) is 18.0 Å². The van der Waals surface area contributed by atoms with Crippen LogP contribution in [0.4, 0.5) is 4.79 Å². The summed E-state index contributed by atoms with van der Waals surface area (Å²) in [6, 6.07) is -1.35. The molecule has 1 fully saturated rings. The minimum absolute atomic E-state index is 0.254. The summed E-state index contributed by atoms with van der Waals surface area (Å²) in [4.78, 5) is 23.1. The minimum atomic E-state index is -4.31. The van der Waals surface area contributed by atoms with Crippen LogP contribution < -0.4 is 0 Å². The summed E-state index contributed by atoms with van der Waals surface area (Å²) < 4.78 is 37.0. The van der Waals surface area contributed by atoms with E-state index in [1.165, 1.54) is 0 Å². The highest BCUT2D eigenvalue weighted by Crippen LogP contribution is 2.23. The number of amides is 1. The van der Waals surface area contributed by atoms with Crippen molar-refractivity contribution in [1.82, 2.24) is 4.31 Å². The van der Waals surface area contributed by atoms with Gasteiger partial charge in [0.2, 0.25) is 0 Å². The molecule has 0 N–H and O–H groups in total. The van der Waals surface area contributed by atoms with Gasteiger partial charge in [0.05, 0.1) is 7.11 Å². The van der Waals surface area contributed by atoms with E-state index in [4.69, 9.17) is 4.74 Å². The second kappa shape index (κ2) is 4.73. The predicted molar refractivity (Wildman–Crippen MR) is 58.7 cm³/mol. The zero-order chi connectivity index (χ0) is 14.1. The molecule has 1 aliphatic heterocycles. The van der Waals surface area contributed by atoms with E-state index >= 15 is 0 Å². The zero-order valence-corrected chi connectivity index (χ0v) is 11.3. The Labute approximate surface area is 105 Å². The van der Waals surface area contributed by atoms with Gasteiger partial charge in [-0.25, -0.2) is 9.59 Å². The molecule has 1 aliphatic rings. The fourth-order valence-electron chi connectivity index (χ4n) is 1.26. The maximum atomic E-state index is 11.7. The Morgan fingerprint density at radius 1 is 1.33 bits per heavy atom. The molecule has 1 saturated heterocycles. The first kappa shape index (κ1) is 14.7. The molecule has 1 heterocycles. The third-order valence-corrected chi connectivity index (χ3v) is 3.26. The Balaban J connectivity index is 3.00. The molecule has 0 saturated carbocycles. The molecule has 1 rings (SSSR count). The Kier molecular flexibility index (Phi) is 3.86. The topological polar surface area (TPSA) is 99.2 Å². The van der Waals surface area contributed by atoms with Gasteiger partial charge in [0.25, 0.3) is 0 Å². The molecule has 0 aliphatic carbocycles. The van der Waals surface area contributed by atoms with Crippen molar-refractivity contribution in [3.05, 3.63) is 0 Å². The molecule has 0 aromatic rings. The molecular weight excluding hydrogens is 266 g/mol. The lowest BCUT2D eigenvalue weighted by Crippen LogP contribution is -2.46. The number of methoxy groups -OCH3 is 1. The fraction of sp³-hybridized carbons (Fsp3) is 0.778. The molecule has 1 amide bonds. The normalized spacial score (nSPS) is 22.7. The van der Waals surface area contributed by atoms with Crippen LogP contribution in [0.25, 0.3) is 0 Å². The summed E-state index contributed by atoms with van der Waals surface area (Å²) in [5.74, 6) is -0.887. The third kappa shape index (κ3) is 3.10. The first-order valence-corrected chi connectivity index (χ1v) is 6.44. The highest BCUT2D eigenvalue weighted by Gasteiger charge is 2.48. The van der Waals surface area contributed by atoms with Crippen LogP contribution in [0.1, 0.15) is 20.8 Å². The van der Waals surface area contributed by atoms with E-state index in [-0.39, 0.29) is 4.31 Å². The van der Waals surface area contributed by atoms with Crippen molar-refractivity contribution in [1.29, 1.82) is 0 Å². The molecule has 1 atom stereocenters. The van der Waals surface area contributed by atoms with Crippen molar-refractivity contribution in [2.75, 3.05) is 13.7 Å². The van der Waals surface area contributed by atoms with Gasteiger partial charge in [0.1, 0.15) is 12.2 Å². The van der Waals surface area contributed by atoms with Crippen molar-refractivity contribution in [3.8, 4) is 0 Å². The van der Waals surface area contributed by atoms with Crippen LogP contribution in [0.3, 0.4) is 0 Å². The molecule has 0 aromatic carbocycles. The quantitative estimate of drug-likeness (QED) is 0.625. The number of nitrogens with zero attached hydrogens (tertiary/aromatic N) is 1. The fourth-order valence-corrected chi connectivity index (χ4v) is 2.35. The molecular formula is C9H15NO7S. The number of hydrogen-bond acceptors (Lipinski definition) is 7. The van der Waals surface area contributed by atoms with Crippen molar-refractivity contribution in [3.63, 3.8) is 0 Å². The number of hydrogen-bond donors (Lipinski definition) is 0. The molecule has 104 valence electrons. The molecule has 18 heavy (non-hydrogen) atoms. The van der Waals surface area contributed by atoms with Gasteiger partial charge >= 0.3 is 22.4 Å². The average molecular weight is 281 g/mol. The molecule has 0 radical (unpaired) electrons. The van der Waals surface area contributed by atoms with Gasteiger partial charge < -0.3 is 9.47 Å².